The first-order valence-electron chi connectivity index (χ1n) is 13.2. The molecule has 184 valence electrons. The minimum atomic E-state index is -3.67. The van der Waals surface area contributed by atoms with Crippen molar-refractivity contribution in [3.8, 4) is 0 Å². The van der Waals surface area contributed by atoms with E-state index in [1.807, 2.05) is 0 Å². The normalized spacial score (nSPS) is 23.0. The second-order valence-corrected chi connectivity index (χ2v) is 11.8. The Kier molecular flexibility index (Phi) is 8.53. The molecule has 1 atom stereocenters. The third-order valence-corrected chi connectivity index (χ3v) is 7.79. The molecule has 3 aliphatic rings. The number of hydrogen-bond donors (Lipinski definition) is 2. The summed E-state index contributed by atoms with van der Waals surface area (Å²) in [5, 5.41) is 5.36. The van der Waals surface area contributed by atoms with Gasteiger partial charge >= 0.3 is 0 Å². The fraction of sp³-hybridized carbons (Fsp3) is 0.704. The van der Waals surface area contributed by atoms with Crippen molar-refractivity contribution in [2.75, 3.05) is 12.8 Å². The lowest BCUT2D eigenvalue weighted by Crippen LogP contribution is -2.35. The van der Waals surface area contributed by atoms with Crippen molar-refractivity contribution in [3.63, 3.8) is 0 Å². The van der Waals surface area contributed by atoms with Crippen molar-refractivity contribution in [3.05, 3.63) is 35.0 Å². The first-order chi connectivity index (χ1) is 15.9. The standard InChI is InChI=1S/C26H38N2.CH4O3S/c1-2-4-6-8-11-20(12-9-7-5-3-1)21-15-16-25-23(19-21)22-13-10-14-24-26(22)28(25)18-17-27-24;1-5(2,3)4/h15-16,19-20,24,27H,1-14,17-18H2;1H3,(H,2,3,4). The van der Waals surface area contributed by atoms with Gasteiger partial charge < -0.3 is 9.88 Å². The van der Waals surface area contributed by atoms with Crippen molar-refractivity contribution in [2.24, 2.45) is 0 Å². The number of nitrogens with one attached hydrogen (secondary N) is 1. The predicted molar refractivity (Wildman–Crippen MR) is 137 cm³/mol. The van der Waals surface area contributed by atoms with Gasteiger partial charge in [0, 0.05) is 35.7 Å². The van der Waals surface area contributed by atoms with Crippen molar-refractivity contribution < 1.29 is 13.0 Å². The molecule has 2 aromatic rings. The topological polar surface area (TPSA) is 71.3 Å². The third-order valence-electron chi connectivity index (χ3n) is 7.79. The van der Waals surface area contributed by atoms with E-state index in [2.05, 4.69) is 28.1 Å². The van der Waals surface area contributed by atoms with Gasteiger partial charge in [0.05, 0.1) is 6.26 Å². The maximum absolute atomic E-state index is 9.19. The first kappa shape index (κ1) is 24.7. The van der Waals surface area contributed by atoms with Gasteiger partial charge in [0.2, 0.25) is 0 Å². The SMILES string of the molecule is CS(=O)(=O)O.c1cc2c(cc1C1CCCCCCCCCCC1)c1c3n2CCNC3CCC1. The number of aromatic nitrogens is 1. The zero-order valence-electron chi connectivity index (χ0n) is 20.3. The minimum Gasteiger partial charge on any atom is -0.342 e. The van der Waals surface area contributed by atoms with E-state index in [-0.39, 0.29) is 0 Å². The van der Waals surface area contributed by atoms with Crippen LogP contribution in [0, 0.1) is 0 Å². The van der Waals surface area contributed by atoms with Crippen LogP contribution < -0.4 is 5.32 Å². The molecule has 1 aromatic heterocycles. The van der Waals surface area contributed by atoms with Crippen LogP contribution in [-0.2, 0) is 23.1 Å². The van der Waals surface area contributed by atoms with E-state index in [4.69, 9.17) is 4.55 Å². The second kappa shape index (κ2) is 11.4. The van der Waals surface area contributed by atoms with E-state index in [1.54, 1.807) is 22.2 Å². The highest BCUT2D eigenvalue weighted by molar-refractivity contribution is 7.85. The fourth-order valence-electron chi connectivity index (χ4n) is 6.28. The van der Waals surface area contributed by atoms with E-state index < -0.39 is 10.1 Å². The van der Waals surface area contributed by atoms with Crippen molar-refractivity contribution in [2.45, 2.75) is 108 Å². The van der Waals surface area contributed by atoms with Crippen LogP contribution in [0.3, 0.4) is 0 Å². The summed E-state index contributed by atoms with van der Waals surface area (Å²) < 4.78 is 28.5. The number of nitrogens with zero attached hydrogens (tertiary/aromatic N) is 1. The van der Waals surface area contributed by atoms with Gasteiger partial charge in [-0.2, -0.15) is 8.42 Å². The predicted octanol–water partition coefficient (Wildman–Crippen LogP) is 6.51. The average molecular weight is 475 g/mol. The summed E-state index contributed by atoms with van der Waals surface area (Å²) in [6.07, 6.45) is 20.5. The van der Waals surface area contributed by atoms with Gasteiger partial charge in [0.25, 0.3) is 10.1 Å². The van der Waals surface area contributed by atoms with Crippen LogP contribution in [0.5, 0.6) is 0 Å². The molecule has 5 nitrogen and oxygen atoms in total. The molecule has 5 rings (SSSR count). The zero-order valence-corrected chi connectivity index (χ0v) is 21.1. The van der Waals surface area contributed by atoms with Crippen molar-refractivity contribution >= 4 is 21.0 Å². The molecule has 0 amide bonds. The van der Waals surface area contributed by atoms with Gasteiger partial charge in [0.15, 0.2) is 0 Å². The molecule has 0 bridgehead atoms. The Morgan fingerprint density at radius 3 is 2.15 bits per heavy atom. The molecule has 0 saturated heterocycles. The molecule has 1 fully saturated rings. The molecule has 33 heavy (non-hydrogen) atoms. The summed E-state index contributed by atoms with van der Waals surface area (Å²) in [5.41, 5.74) is 6.45. The molecule has 1 unspecified atom stereocenters. The van der Waals surface area contributed by atoms with E-state index in [9.17, 15) is 8.42 Å². The molecular formula is C27H42N2O3S. The van der Waals surface area contributed by atoms with Crippen LogP contribution in [0.2, 0.25) is 0 Å². The molecule has 1 aromatic carbocycles. The van der Waals surface area contributed by atoms with Crippen molar-refractivity contribution in [1.82, 2.24) is 9.88 Å². The van der Waals surface area contributed by atoms with E-state index in [0.717, 1.165) is 19.0 Å². The summed E-state index contributed by atoms with van der Waals surface area (Å²) >= 11 is 0. The molecule has 0 radical (unpaired) electrons. The van der Waals surface area contributed by atoms with Crippen molar-refractivity contribution in [1.29, 1.82) is 0 Å². The van der Waals surface area contributed by atoms with E-state index >= 15 is 0 Å². The zero-order chi connectivity index (χ0) is 23.3. The van der Waals surface area contributed by atoms with Crippen LogP contribution in [0.15, 0.2) is 18.2 Å². The molecule has 1 aliphatic heterocycles. The summed E-state index contributed by atoms with van der Waals surface area (Å²) in [4.78, 5) is 0. The summed E-state index contributed by atoms with van der Waals surface area (Å²) in [5.74, 6) is 0.783. The van der Waals surface area contributed by atoms with Crippen LogP contribution >= 0.6 is 0 Å². The van der Waals surface area contributed by atoms with E-state index in [0.29, 0.717) is 12.3 Å². The molecule has 2 N–H and O–H groups in total. The molecule has 6 heteroatoms. The molecule has 2 aliphatic carbocycles. The Morgan fingerprint density at radius 2 is 1.52 bits per heavy atom. The number of benzene rings is 1. The van der Waals surface area contributed by atoms with Gasteiger partial charge in [-0.05, 0) is 61.3 Å². The quantitative estimate of drug-likeness (QED) is 0.462. The van der Waals surface area contributed by atoms with Gasteiger partial charge in [0.1, 0.15) is 0 Å². The van der Waals surface area contributed by atoms with Crippen LogP contribution in [0.25, 0.3) is 10.9 Å². The largest absolute Gasteiger partial charge is 0.342 e. The monoisotopic (exact) mass is 474 g/mol. The molecular weight excluding hydrogens is 432 g/mol. The first-order valence-corrected chi connectivity index (χ1v) is 15.1. The minimum absolute atomic E-state index is 0.606. The maximum Gasteiger partial charge on any atom is 0.261 e. The smallest absolute Gasteiger partial charge is 0.261 e. The Morgan fingerprint density at radius 1 is 0.909 bits per heavy atom. The second-order valence-electron chi connectivity index (χ2n) is 10.4. The third kappa shape index (κ3) is 6.61. The fourth-order valence-corrected chi connectivity index (χ4v) is 6.28. The number of aryl methyl sites for hydroxylation is 1. The van der Waals surface area contributed by atoms with Crippen LogP contribution in [0.4, 0.5) is 0 Å². The van der Waals surface area contributed by atoms with Gasteiger partial charge in [-0.15, -0.1) is 0 Å². The highest BCUT2D eigenvalue weighted by atomic mass is 32.2. The van der Waals surface area contributed by atoms with Gasteiger partial charge in [-0.1, -0.05) is 63.9 Å². The maximum atomic E-state index is 9.19. The van der Waals surface area contributed by atoms with Gasteiger partial charge in [-0.25, -0.2) is 0 Å². The molecule has 2 heterocycles. The lowest BCUT2D eigenvalue weighted by molar-refractivity contribution is 0.384. The van der Waals surface area contributed by atoms with E-state index in [1.165, 1.54) is 95.4 Å². The summed E-state index contributed by atoms with van der Waals surface area (Å²) in [6, 6.07) is 8.19. The van der Waals surface area contributed by atoms with Gasteiger partial charge in [-0.3, -0.25) is 4.55 Å². The molecule has 0 spiro atoms. The Bertz CT molecular complexity index is 1010. The van der Waals surface area contributed by atoms with Crippen LogP contribution in [0.1, 0.15) is 112 Å². The average Bonchev–Trinajstić information content (AvgIpc) is 3.09. The Balaban J connectivity index is 0.000000471. The highest BCUT2D eigenvalue weighted by Gasteiger charge is 2.30. The number of rotatable bonds is 1. The lowest BCUT2D eigenvalue weighted by Gasteiger charge is -2.31. The lowest BCUT2D eigenvalue weighted by atomic mass is 9.86. The summed E-state index contributed by atoms with van der Waals surface area (Å²) in [7, 11) is -3.67. The number of fused-ring (bicyclic) bond motifs is 3. The summed E-state index contributed by atoms with van der Waals surface area (Å²) in [6.45, 7) is 2.27. The Hall–Kier alpha value is -1.37. The highest BCUT2D eigenvalue weighted by Crippen LogP contribution is 2.40. The molecule has 1 saturated carbocycles. The Labute approximate surface area is 200 Å². The number of hydrogen-bond acceptors (Lipinski definition) is 3. The van der Waals surface area contributed by atoms with Crippen LogP contribution in [-0.4, -0.2) is 30.3 Å².